The summed E-state index contributed by atoms with van der Waals surface area (Å²) in [5, 5.41) is 14.3. The van der Waals surface area contributed by atoms with Gasteiger partial charge in [-0.2, -0.15) is 0 Å². The van der Waals surface area contributed by atoms with Crippen molar-refractivity contribution in [1.29, 1.82) is 0 Å². The van der Waals surface area contributed by atoms with Gasteiger partial charge in [-0.15, -0.1) is 0 Å². The summed E-state index contributed by atoms with van der Waals surface area (Å²) in [6, 6.07) is 0.642. The Bertz CT molecular complexity index is 245. The summed E-state index contributed by atoms with van der Waals surface area (Å²) in [6.07, 6.45) is 10.9. The Morgan fingerprint density at radius 2 is 1.67 bits per heavy atom. The Morgan fingerprint density at radius 3 is 2.28 bits per heavy atom. The highest BCUT2D eigenvalue weighted by Gasteiger charge is 2.30. The molecule has 3 unspecified atom stereocenters. The predicted octanol–water partition coefficient (Wildman–Crippen LogP) is 3.49. The Balaban J connectivity index is 1.76. The van der Waals surface area contributed by atoms with Crippen LogP contribution in [-0.2, 0) is 0 Å². The average Bonchev–Trinajstić information content (AvgIpc) is 2.56. The molecule has 106 valence electrons. The second-order valence-corrected chi connectivity index (χ2v) is 6.98. The summed E-state index contributed by atoms with van der Waals surface area (Å²) in [6.45, 7) is 5.57. The van der Waals surface area contributed by atoms with E-state index in [9.17, 15) is 5.11 Å². The maximum Gasteiger partial charge on any atom is 0.0771 e. The Hall–Kier alpha value is -0.0800. The second-order valence-electron chi connectivity index (χ2n) is 6.98. The summed E-state index contributed by atoms with van der Waals surface area (Å²) in [4.78, 5) is 0. The zero-order valence-electron chi connectivity index (χ0n) is 12.3. The van der Waals surface area contributed by atoms with Crippen molar-refractivity contribution in [2.24, 2.45) is 11.8 Å². The van der Waals surface area contributed by atoms with E-state index in [1.807, 2.05) is 0 Å². The van der Waals surface area contributed by atoms with Crippen LogP contribution in [0.2, 0.25) is 0 Å². The van der Waals surface area contributed by atoms with Gasteiger partial charge in [-0.3, -0.25) is 0 Å². The molecule has 0 amide bonds. The minimum atomic E-state index is -0.414. The van der Waals surface area contributed by atoms with Crippen molar-refractivity contribution in [2.75, 3.05) is 6.54 Å². The van der Waals surface area contributed by atoms with E-state index in [2.05, 4.69) is 19.2 Å². The Kier molecular flexibility index (Phi) is 5.08. The monoisotopic (exact) mass is 253 g/mol. The van der Waals surface area contributed by atoms with Crippen LogP contribution in [0.1, 0.15) is 71.6 Å². The molecular formula is C16H31NO. The van der Waals surface area contributed by atoms with Gasteiger partial charge >= 0.3 is 0 Å². The molecule has 2 aliphatic rings. The number of nitrogens with one attached hydrogen (secondary N) is 1. The van der Waals surface area contributed by atoms with Gasteiger partial charge in [0.15, 0.2) is 0 Å². The molecule has 2 nitrogen and oxygen atoms in total. The molecular weight excluding hydrogens is 222 g/mol. The van der Waals surface area contributed by atoms with E-state index in [0.29, 0.717) is 6.04 Å². The van der Waals surface area contributed by atoms with E-state index in [0.717, 1.165) is 31.2 Å². The molecule has 2 rings (SSSR count). The van der Waals surface area contributed by atoms with Crippen molar-refractivity contribution in [3.63, 3.8) is 0 Å². The number of hydrogen-bond donors (Lipinski definition) is 2. The van der Waals surface area contributed by atoms with Crippen molar-refractivity contribution in [2.45, 2.75) is 83.3 Å². The van der Waals surface area contributed by atoms with Crippen LogP contribution in [0.25, 0.3) is 0 Å². The van der Waals surface area contributed by atoms with Gasteiger partial charge in [0, 0.05) is 12.6 Å². The first kappa shape index (κ1) is 14.3. The van der Waals surface area contributed by atoms with Gasteiger partial charge in [-0.05, 0) is 43.9 Å². The van der Waals surface area contributed by atoms with E-state index in [1.165, 1.54) is 44.9 Å². The van der Waals surface area contributed by atoms with Crippen LogP contribution in [0.15, 0.2) is 0 Å². The van der Waals surface area contributed by atoms with Gasteiger partial charge in [-0.1, -0.05) is 39.5 Å². The lowest BCUT2D eigenvalue weighted by Crippen LogP contribution is -2.46. The summed E-state index contributed by atoms with van der Waals surface area (Å²) in [7, 11) is 0. The fraction of sp³-hybridized carbons (Fsp3) is 1.00. The normalized spacial score (nSPS) is 37.2. The SMILES string of the molecule is CC1CCC(NCC2(O)CCCCCC2)CC1C. The first-order valence-electron chi connectivity index (χ1n) is 8.05. The van der Waals surface area contributed by atoms with Crippen molar-refractivity contribution in [3.05, 3.63) is 0 Å². The predicted molar refractivity (Wildman–Crippen MR) is 76.6 cm³/mol. The molecule has 0 aromatic carbocycles. The van der Waals surface area contributed by atoms with Gasteiger partial charge < -0.3 is 10.4 Å². The third-order valence-electron chi connectivity index (χ3n) is 5.35. The molecule has 0 heterocycles. The van der Waals surface area contributed by atoms with Crippen molar-refractivity contribution < 1.29 is 5.11 Å². The fourth-order valence-corrected chi connectivity index (χ4v) is 3.63. The van der Waals surface area contributed by atoms with E-state index >= 15 is 0 Å². The maximum atomic E-state index is 10.6. The first-order valence-corrected chi connectivity index (χ1v) is 8.05. The summed E-state index contributed by atoms with van der Waals surface area (Å²) < 4.78 is 0. The topological polar surface area (TPSA) is 32.3 Å². The minimum absolute atomic E-state index is 0.414. The lowest BCUT2D eigenvalue weighted by molar-refractivity contribution is 0.0200. The Labute approximate surface area is 113 Å². The van der Waals surface area contributed by atoms with Crippen LogP contribution in [0, 0.1) is 11.8 Å². The molecule has 0 spiro atoms. The van der Waals surface area contributed by atoms with Gasteiger partial charge in [-0.25, -0.2) is 0 Å². The van der Waals surface area contributed by atoms with Crippen LogP contribution in [-0.4, -0.2) is 23.3 Å². The number of aliphatic hydroxyl groups is 1. The summed E-state index contributed by atoms with van der Waals surface area (Å²) in [5.74, 6) is 1.71. The van der Waals surface area contributed by atoms with Gasteiger partial charge in [0.2, 0.25) is 0 Å². The molecule has 3 atom stereocenters. The molecule has 0 aliphatic heterocycles. The molecule has 18 heavy (non-hydrogen) atoms. The minimum Gasteiger partial charge on any atom is -0.389 e. The van der Waals surface area contributed by atoms with Crippen molar-refractivity contribution >= 4 is 0 Å². The third-order valence-corrected chi connectivity index (χ3v) is 5.35. The number of hydrogen-bond acceptors (Lipinski definition) is 2. The maximum absolute atomic E-state index is 10.6. The fourth-order valence-electron chi connectivity index (χ4n) is 3.63. The first-order chi connectivity index (χ1) is 8.59. The molecule has 2 heteroatoms. The molecule has 0 aromatic heterocycles. The van der Waals surface area contributed by atoms with Crippen molar-refractivity contribution in [1.82, 2.24) is 5.32 Å². The summed E-state index contributed by atoms with van der Waals surface area (Å²) >= 11 is 0. The molecule has 0 aromatic rings. The largest absolute Gasteiger partial charge is 0.389 e. The van der Waals surface area contributed by atoms with E-state index in [4.69, 9.17) is 0 Å². The lowest BCUT2D eigenvalue weighted by Gasteiger charge is -2.35. The smallest absolute Gasteiger partial charge is 0.0771 e. The Morgan fingerprint density at radius 1 is 1.00 bits per heavy atom. The zero-order chi connectivity index (χ0) is 13.0. The van der Waals surface area contributed by atoms with Crippen LogP contribution < -0.4 is 5.32 Å². The van der Waals surface area contributed by atoms with Gasteiger partial charge in [0.25, 0.3) is 0 Å². The third kappa shape index (κ3) is 3.96. The van der Waals surface area contributed by atoms with E-state index < -0.39 is 5.60 Å². The highest BCUT2D eigenvalue weighted by molar-refractivity contribution is 4.87. The molecule has 0 saturated heterocycles. The second kappa shape index (κ2) is 6.38. The molecule has 2 N–H and O–H groups in total. The highest BCUT2D eigenvalue weighted by Crippen LogP contribution is 2.31. The van der Waals surface area contributed by atoms with Crippen LogP contribution in [0.4, 0.5) is 0 Å². The van der Waals surface area contributed by atoms with Crippen LogP contribution in [0.3, 0.4) is 0 Å². The molecule has 2 aliphatic carbocycles. The average molecular weight is 253 g/mol. The van der Waals surface area contributed by atoms with Gasteiger partial charge in [0.05, 0.1) is 5.60 Å². The van der Waals surface area contributed by atoms with Crippen LogP contribution >= 0.6 is 0 Å². The van der Waals surface area contributed by atoms with E-state index in [-0.39, 0.29) is 0 Å². The lowest BCUT2D eigenvalue weighted by atomic mass is 9.79. The standard InChI is InChI=1S/C16H31NO/c1-13-7-8-15(11-14(13)2)17-12-16(18)9-5-3-4-6-10-16/h13-15,17-18H,3-12H2,1-2H3. The number of rotatable bonds is 3. The van der Waals surface area contributed by atoms with E-state index in [1.54, 1.807) is 0 Å². The van der Waals surface area contributed by atoms with Gasteiger partial charge in [0.1, 0.15) is 0 Å². The molecule has 2 saturated carbocycles. The molecule has 2 fully saturated rings. The summed E-state index contributed by atoms with van der Waals surface area (Å²) in [5.41, 5.74) is -0.414. The quantitative estimate of drug-likeness (QED) is 0.755. The molecule has 0 radical (unpaired) electrons. The highest BCUT2D eigenvalue weighted by atomic mass is 16.3. The van der Waals surface area contributed by atoms with Crippen molar-refractivity contribution in [3.8, 4) is 0 Å². The van der Waals surface area contributed by atoms with Crippen LogP contribution in [0.5, 0.6) is 0 Å². The molecule has 0 bridgehead atoms. The zero-order valence-corrected chi connectivity index (χ0v) is 12.3.